The van der Waals surface area contributed by atoms with Crippen LogP contribution in [0.3, 0.4) is 0 Å². The SMILES string of the molecule is Cc1cc(N(C)CC2CCN(C)CC2)c(C(C)N)cc1F. The van der Waals surface area contributed by atoms with Crippen molar-refractivity contribution in [2.24, 2.45) is 11.7 Å². The molecule has 0 aromatic heterocycles. The number of nitrogens with two attached hydrogens (primary N) is 1. The molecule has 1 heterocycles. The van der Waals surface area contributed by atoms with Crippen LogP contribution >= 0.6 is 0 Å². The van der Waals surface area contributed by atoms with Crippen LogP contribution in [0.4, 0.5) is 10.1 Å². The molecule has 1 fully saturated rings. The van der Waals surface area contributed by atoms with E-state index in [9.17, 15) is 4.39 Å². The molecule has 1 saturated heterocycles. The minimum atomic E-state index is -0.168. The average molecular weight is 293 g/mol. The molecule has 2 N–H and O–H groups in total. The van der Waals surface area contributed by atoms with Crippen molar-refractivity contribution in [1.29, 1.82) is 0 Å². The van der Waals surface area contributed by atoms with E-state index in [4.69, 9.17) is 5.73 Å². The molecule has 1 aromatic carbocycles. The summed E-state index contributed by atoms with van der Waals surface area (Å²) in [7, 11) is 4.27. The van der Waals surface area contributed by atoms with Crippen molar-refractivity contribution >= 4 is 5.69 Å². The number of halogens is 1. The fraction of sp³-hybridized carbons (Fsp3) is 0.647. The molecule has 0 amide bonds. The summed E-state index contributed by atoms with van der Waals surface area (Å²) in [6.07, 6.45) is 2.46. The molecule has 118 valence electrons. The molecule has 0 bridgehead atoms. The number of aryl methyl sites for hydroxylation is 1. The number of hydrogen-bond donors (Lipinski definition) is 1. The van der Waals surface area contributed by atoms with Crippen LogP contribution in [0.5, 0.6) is 0 Å². The van der Waals surface area contributed by atoms with E-state index in [1.807, 2.05) is 19.9 Å². The van der Waals surface area contributed by atoms with Gasteiger partial charge in [0, 0.05) is 25.3 Å². The lowest BCUT2D eigenvalue weighted by Crippen LogP contribution is -2.36. The van der Waals surface area contributed by atoms with Gasteiger partial charge in [0.25, 0.3) is 0 Å². The number of benzene rings is 1. The largest absolute Gasteiger partial charge is 0.374 e. The van der Waals surface area contributed by atoms with Gasteiger partial charge in [0.2, 0.25) is 0 Å². The van der Waals surface area contributed by atoms with Crippen molar-refractivity contribution in [2.45, 2.75) is 32.7 Å². The lowest BCUT2D eigenvalue weighted by atomic mass is 9.95. The monoisotopic (exact) mass is 293 g/mol. The summed E-state index contributed by atoms with van der Waals surface area (Å²) < 4.78 is 13.8. The molecule has 0 spiro atoms. The average Bonchev–Trinajstić information content (AvgIpc) is 2.43. The van der Waals surface area contributed by atoms with E-state index in [-0.39, 0.29) is 11.9 Å². The Morgan fingerprint density at radius 1 is 1.38 bits per heavy atom. The van der Waals surface area contributed by atoms with Gasteiger partial charge in [-0.25, -0.2) is 4.39 Å². The molecule has 4 heteroatoms. The molecule has 21 heavy (non-hydrogen) atoms. The Hall–Kier alpha value is -1.13. The molecular formula is C17H28FN3. The normalized spacial score (nSPS) is 18.8. The summed E-state index contributed by atoms with van der Waals surface area (Å²) >= 11 is 0. The van der Waals surface area contributed by atoms with E-state index in [1.54, 1.807) is 6.07 Å². The van der Waals surface area contributed by atoms with E-state index < -0.39 is 0 Å². The summed E-state index contributed by atoms with van der Waals surface area (Å²) in [5.74, 6) is 0.538. The van der Waals surface area contributed by atoms with Gasteiger partial charge in [-0.3, -0.25) is 0 Å². The molecule has 1 aromatic rings. The highest BCUT2D eigenvalue weighted by molar-refractivity contribution is 5.56. The molecule has 3 nitrogen and oxygen atoms in total. The Labute approximate surface area is 127 Å². The zero-order valence-electron chi connectivity index (χ0n) is 13.7. The minimum absolute atomic E-state index is 0.157. The Kier molecular flexibility index (Phi) is 5.22. The minimum Gasteiger partial charge on any atom is -0.374 e. The quantitative estimate of drug-likeness (QED) is 0.926. The van der Waals surface area contributed by atoms with Crippen LogP contribution in [0.2, 0.25) is 0 Å². The van der Waals surface area contributed by atoms with E-state index in [2.05, 4.69) is 23.9 Å². The summed E-state index contributed by atoms with van der Waals surface area (Å²) in [5, 5.41) is 0. The van der Waals surface area contributed by atoms with Gasteiger partial charge in [-0.2, -0.15) is 0 Å². The van der Waals surface area contributed by atoms with Gasteiger partial charge in [-0.15, -0.1) is 0 Å². The fourth-order valence-electron chi connectivity index (χ4n) is 3.11. The highest BCUT2D eigenvalue weighted by Crippen LogP contribution is 2.29. The van der Waals surface area contributed by atoms with E-state index in [0.29, 0.717) is 11.5 Å². The Morgan fingerprint density at radius 2 is 2.00 bits per heavy atom. The van der Waals surface area contributed by atoms with Gasteiger partial charge in [0.1, 0.15) is 5.82 Å². The van der Waals surface area contributed by atoms with Crippen LogP contribution in [0.15, 0.2) is 12.1 Å². The van der Waals surface area contributed by atoms with Crippen molar-refractivity contribution in [2.75, 3.05) is 38.6 Å². The number of piperidine rings is 1. The Bertz CT molecular complexity index is 479. The van der Waals surface area contributed by atoms with Crippen LogP contribution in [-0.4, -0.2) is 38.6 Å². The number of hydrogen-bond acceptors (Lipinski definition) is 3. The number of nitrogens with zero attached hydrogens (tertiary/aromatic N) is 2. The standard InChI is InChI=1S/C17H28FN3/c1-12-9-17(15(13(2)19)10-16(12)18)21(4)11-14-5-7-20(3)8-6-14/h9-10,13-14H,5-8,11,19H2,1-4H3. The van der Waals surface area contributed by atoms with Crippen LogP contribution in [0, 0.1) is 18.7 Å². The molecule has 0 aliphatic carbocycles. The predicted molar refractivity (Wildman–Crippen MR) is 87.2 cm³/mol. The molecular weight excluding hydrogens is 265 g/mol. The molecule has 0 radical (unpaired) electrons. The highest BCUT2D eigenvalue weighted by atomic mass is 19.1. The van der Waals surface area contributed by atoms with Crippen LogP contribution in [-0.2, 0) is 0 Å². The van der Waals surface area contributed by atoms with Gasteiger partial charge in [-0.1, -0.05) is 0 Å². The second kappa shape index (κ2) is 6.75. The molecule has 1 atom stereocenters. The van der Waals surface area contributed by atoms with Gasteiger partial charge >= 0.3 is 0 Å². The Morgan fingerprint density at radius 3 is 2.57 bits per heavy atom. The first-order valence-corrected chi connectivity index (χ1v) is 7.83. The first kappa shape index (κ1) is 16.2. The maximum atomic E-state index is 13.8. The molecule has 0 saturated carbocycles. The zero-order valence-corrected chi connectivity index (χ0v) is 13.7. The first-order chi connectivity index (χ1) is 9.88. The summed E-state index contributed by atoms with van der Waals surface area (Å²) in [4.78, 5) is 4.63. The van der Waals surface area contributed by atoms with Crippen molar-refractivity contribution in [3.63, 3.8) is 0 Å². The lowest BCUT2D eigenvalue weighted by Gasteiger charge is -2.33. The molecule has 1 aliphatic heterocycles. The summed E-state index contributed by atoms with van der Waals surface area (Å²) in [5.41, 5.74) is 8.68. The first-order valence-electron chi connectivity index (χ1n) is 7.83. The van der Waals surface area contributed by atoms with Gasteiger partial charge in [-0.05, 0) is 76.0 Å². The van der Waals surface area contributed by atoms with E-state index in [1.165, 1.54) is 25.9 Å². The zero-order chi connectivity index (χ0) is 15.6. The third-order valence-electron chi connectivity index (χ3n) is 4.58. The van der Waals surface area contributed by atoms with E-state index >= 15 is 0 Å². The second-order valence-corrected chi connectivity index (χ2v) is 6.58. The van der Waals surface area contributed by atoms with Crippen molar-refractivity contribution in [1.82, 2.24) is 4.90 Å². The van der Waals surface area contributed by atoms with Crippen molar-refractivity contribution in [3.8, 4) is 0 Å². The van der Waals surface area contributed by atoms with Gasteiger partial charge < -0.3 is 15.5 Å². The topological polar surface area (TPSA) is 32.5 Å². The van der Waals surface area contributed by atoms with E-state index in [0.717, 1.165) is 17.8 Å². The number of rotatable bonds is 4. The molecule has 1 aliphatic rings. The second-order valence-electron chi connectivity index (χ2n) is 6.58. The predicted octanol–water partition coefficient (Wildman–Crippen LogP) is 2.93. The van der Waals surface area contributed by atoms with Crippen LogP contribution in [0.25, 0.3) is 0 Å². The van der Waals surface area contributed by atoms with Gasteiger partial charge in [0.15, 0.2) is 0 Å². The third kappa shape index (κ3) is 3.95. The summed E-state index contributed by atoms with van der Waals surface area (Å²) in [6.45, 7) is 7.07. The maximum Gasteiger partial charge on any atom is 0.126 e. The third-order valence-corrected chi connectivity index (χ3v) is 4.58. The fourth-order valence-corrected chi connectivity index (χ4v) is 3.11. The maximum absolute atomic E-state index is 13.8. The number of likely N-dealkylation sites (tertiary alicyclic amines) is 1. The summed E-state index contributed by atoms with van der Waals surface area (Å²) in [6, 6.07) is 3.37. The number of anilines is 1. The molecule has 2 rings (SSSR count). The van der Waals surface area contributed by atoms with Crippen LogP contribution in [0.1, 0.15) is 36.9 Å². The van der Waals surface area contributed by atoms with Crippen molar-refractivity contribution in [3.05, 3.63) is 29.1 Å². The van der Waals surface area contributed by atoms with Gasteiger partial charge in [0.05, 0.1) is 0 Å². The van der Waals surface area contributed by atoms with Crippen molar-refractivity contribution < 1.29 is 4.39 Å². The molecule has 1 unspecified atom stereocenters. The smallest absolute Gasteiger partial charge is 0.126 e. The lowest BCUT2D eigenvalue weighted by molar-refractivity contribution is 0.222. The highest BCUT2D eigenvalue weighted by Gasteiger charge is 2.20. The van der Waals surface area contributed by atoms with Crippen LogP contribution < -0.4 is 10.6 Å². The Balaban J connectivity index is 2.14.